The third-order valence-corrected chi connectivity index (χ3v) is 9.42. The molecule has 0 bridgehead atoms. The lowest BCUT2D eigenvalue weighted by Crippen LogP contribution is -1.97. The number of rotatable bonds is 5. The van der Waals surface area contributed by atoms with Crippen LogP contribution < -0.4 is 0 Å². The van der Waals surface area contributed by atoms with Crippen LogP contribution in [-0.2, 0) is 0 Å². The minimum absolute atomic E-state index is 0.643. The van der Waals surface area contributed by atoms with E-state index in [1.165, 1.54) is 0 Å². The highest BCUT2D eigenvalue weighted by molar-refractivity contribution is 6.17. The number of furan rings is 2. The van der Waals surface area contributed by atoms with Crippen molar-refractivity contribution in [2.45, 2.75) is 0 Å². The van der Waals surface area contributed by atoms with Gasteiger partial charge in [0.05, 0.1) is 11.4 Å². The molecule has 5 heteroatoms. The Morgan fingerprint density at radius 3 is 1.88 bits per heavy atom. The van der Waals surface area contributed by atoms with Crippen molar-refractivity contribution in [3.63, 3.8) is 0 Å². The maximum absolute atomic E-state index is 6.74. The van der Waals surface area contributed by atoms with E-state index in [-0.39, 0.29) is 0 Å². The third-order valence-electron chi connectivity index (χ3n) is 9.42. The van der Waals surface area contributed by atoms with E-state index in [9.17, 15) is 0 Å². The Bertz CT molecular complexity index is 2870. The summed E-state index contributed by atoms with van der Waals surface area (Å²) in [4.78, 5) is 14.7. The first-order chi connectivity index (χ1) is 24.8. The van der Waals surface area contributed by atoms with Gasteiger partial charge in [0.25, 0.3) is 0 Å². The molecule has 0 atom stereocenters. The predicted octanol–water partition coefficient (Wildman–Crippen LogP) is 12.0. The highest BCUT2D eigenvalue weighted by Gasteiger charge is 2.21. The average molecular weight is 642 g/mol. The molecule has 0 aliphatic rings. The molecule has 4 heterocycles. The fourth-order valence-corrected chi connectivity index (χ4v) is 7.08. The summed E-state index contributed by atoms with van der Waals surface area (Å²) >= 11 is 0. The van der Waals surface area contributed by atoms with Gasteiger partial charge in [-0.3, -0.25) is 4.98 Å². The highest BCUT2D eigenvalue weighted by Crippen LogP contribution is 2.44. The quantitative estimate of drug-likeness (QED) is 0.187. The largest absolute Gasteiger partial charge is 0.456 e. The number of hydrogen-bond donors (Lipinski definition) is 0. The molecule has 50 heavy (non-hydrogen) atoms. The minimum Gasteiger partial charge on any atom is -0.456 e. The predicted molar refractivity (Wildman–Crippen MR) is 202 cm³/mol. The van der Waals surface area contributed by atoms with Crippen molar-refractivity contribution < 1.29 is 8.83 Å². The van der Waals surface area contributed by atoms with E-state index in [4.69, 9.17) is 18.8 Å². The van der Waals surface area contributed by atoms with Crippen LogP contribution in [-0.4, -0.2) is 15.0 Å². The van der Waals surface area contributed by atoms with Crippen LogP contribution in [0.15, 0.2) is 173 Å². The van der Waals surface area contributed by atoms with Gasteiger partial charge in [0.15, 0.2) is 5.82 Å². The summed E-state index contributed by atoms with van der Waals surface area (Å²) in [5.74, 6) is 0.643. The maximum Gasteiger partial charge on any atom is 0.160 e. The number of pyridine rings is 1. The number of benzene rings is 6. The van der Waals surface area contributed by atoms with E-state index < -0.39 is 0 Å². The van der Waals surface area contributed by atoms with Gasteiger partial charge in [-0.25, -0.2) is 9.97 Å². The number of aromatic nitrogens is 3. The van der Waals surface area contributed by atoms with Crippen molar-refractivity contribution in [2.75, 3.05) is 0 Å². The fourth-order valence-electron chi connectivity index (χ4n) is 7.08. The van der Waals surface area contributed by atoms with Gasteiger partial charge in [-0.15, -0.1) is 0 Å². The molecule has 0 unspecified atom stereocenters. The van der Waals surface area contributed by atoms with Gasteiger partial charge in [-0.2, -0.15) is 0 Å². The van der Waals surface area contributed by atoms with Crippen LogP contribution in [0.4, 0.5) is 0 Å². The molecular formula is C45H27N3O2. The van der Waals surface area contributed by atoms with E-state index in [0.29, 0.717) is 5.82 Å². The zero-order chi connectivity index (χ0) is 33.0. The number of fused-ring (bicyclic) bond motifs is 6. The number of nitrogens with zero attached hydrogens (tertiary/aromatic N) is 3. The Balaban J connectivity index is 1.23. The molecule has 5 nitrogen and oxygen atoms in total. The molecule has 0 radical (unpaired) electrons. The second kappa shape index (κ2) is 11.4. The molecule has 0 saturated heterocycles. The van der Waals surface area contributed by atoms with Gasteiger partial charge >= 0.3 is 0 Å². The zero-order valence-electron chi connectivity index (χ0n) is 26.7. The van der Waals surface area contributed by atoms with Crippen molar-refractivity contribution in [3.8, 4) is 56.2 Å². The molecule has 234 valence electrons. The standard InChI is InChI=1S/C45H27N3O2/c1-2-11-28(12-3-1)45-47-38(33-15-5-4-14-31(33)30-13-10-24-46-27-30)26-39(48-45)35-22-21-32(43-36-17-7-9-19-41(36)50-44(35)43)29-20-23-42-37(25-29)34-16-6-8-18-40(34)49-42/h1-27H. The molecule has 0 fully saturated rings. The van der Waals surface area contributed by atoms with Crippen LogP contribution in [0.1, 0.15) is 0 Å². The Morgan fingerprint density at radius 2 is 1.06 bits per heavy atom. The fraction of sp³-hybridized carbons (Fsp3) is 0. The number of hydrogen-bond acceptors (Lipinski definition) is 5. The van der Waals surface area contributed by atoms with E-state index in [2.05, 4.69) is 83.8 Å². The van der Waals surface area contributed by atoms with Gasteiger partial charge < -0.3 is 8.83 Å². The van der Waals surface area contributed by atoms with Crippen molar-refractivity contribution >= 4 is 43.9 Å². The maximum atomic E-state index is 6.74. The first-order valence-corrected chi connectivity index (χ1v) is 16.6. The van der Waals surface area contributed by atoms with E-state index in [0.717, 1.165) is 94.2 Å². The summed E-state index contributed by atoms with van der Waals surface area (Å²) in [6, 6.07) is 51.7. The summed E-state index contributed by atoms with van der Waals surface area (Å²) in [6.07, 6.45) is 3.68. The molecule has 0 saturated carbocycles. The number of para-hydroxylation sites is 2. The van der Waals surface area contributed by atoms with Crippen LogP contribution in [0, 0.1) is 0 Å². The van der Waals surface area contributed by atoms with E-state index >= 15 is 0 Å². The van der Waals surface area contributed by atoms with Gasteiger partial charge in [0.1, 0.15) is 22.3 Å². The SMILES string of the molecule is c1ccc(-c2nc(-c3ccccc3-c3cccnc3)cc(-c3ccc(-c4ccc5oc6ccccc6c5c4)c4c3oc3ccccc34)n2)cc1. The molecule has 0 spiro atoms. The third kappa shape index (κ3) is 4.60. The summed E-state index contributed by atoms with van der Waals surface area (Å²) < 4.78 is 12.9. The molecule has 10 aromatic rings. The average Bonchev–Trinajstić information content (AvgIpc) is 3.77. The van der Waals surface area contributed by atoms with Crippen molar-refractivity contribution in [1.29, 1.82) is 0 Å². The molecule has 0 amide bonds. The summed E-state index contributed by atoms with van der Waals surface area (Å²) in [5.41, 5.74) is 12.0. The highest BCUT2D eigenvalue weighted by atomic mass is 16.3. The molecule has 0 aliphatic carbocycles. The molecule has 4 aromatic heterocycles. The normalized spacial score (nSPS) is 11.6. The van der Waals surface area contributed by atoms with Crippen molar-refractivity contribution in [3.05, 3.63) is 164 Å². The summed E-state index contributed by atoms with van der Waals surface area (Å²) in [6.45, 7) is 0. The molecule has 6 aromatic carbocycles. The minimum atomic E-state index is 0.643. The van der Waals surface area contributed by atoms with E-state index in [1.54, 1.807) is 6.20 Å². The topological polar surface area (TPSA) is 65.0 Å². The van der Waals surface area contributed by atoms with Crippen LogP contribution in [0.5, 0.6) is 0 Å². The monoisotopic (exact) mass is 641 g/mol. The van der Waals surface area contributed by atoms with Gasteiger partial charge in [0, 0.05) is 56.2 Å². The Labute approximate surface area is 287 Å². The Kier molecular flexibility index (Phi) is 6.42. The smallest absolute Gasteiger partial charge is 0.160 e. The summed E-state index contributed by atoms with van der Waals surface area (Å²) in [5, 5.41) is 4.28. The lowest BCUT2D eigenvalue weighted by molar-refractivity contribution is 0.669. The molecular weight excluding hydrogens is 615 g/mol. The molecule has 0 aliphatic heterocycles. The van der Waals surface area contributed by atoms with Gasteiger partial charge in [-0.05, 0) is 59.2 Å². The zero-order valence-corrected chi connectivity index (χ0v) is 26.7. The lowest BCUT2D eigenvalue weighted by Gasteiger charge is -2.13. The van der Waals surface area contributed by atoms with Crippen LogP contribution in [0.2, 0.25) is 0 Å². The second-order valence-corrected chi connectivity index (χ2v) is 12.4. The summed E-state index contributed by atoms with van der Waals surface area (Å²) in [7, 11) is 0. The first-order valence-electron chi connectivity index (χ1n) is 16.6. The first kappa shape index (κ1) is 28.2. The Hall–Kier alpha value is -6.85. The Morgan fingerprint density at radius 1 is 0.400 bits per heavy atom. The van der Waals surface area contributed by atoms with Gasteiger partial charge in [-0.1, -0.05) is 109 Å². The molecule has 0 N–H and O–H groups in total. The van der Waals surface area contributed by atoms with Crippen molar-refractivity contribution in [2.24, 2.45) is 0 Å². The van der Waals surface area contributed by atoms with Crippen LogP contribution in [0.25, 0.3) is 100 Å². The van der Waals surface area contributed by atoms with E-state index in [1.807, 2.05) is 79.0 Å². The van der Waals surface area contributed by atoms with Crippen molar-refractivity contribution in [1.82, 2.24) is 15.0 Å². The van der Waals surface area contributed by atoms with Crippen LogP contribution >= 0.6 is 0 Å². The van der Waals surface area contributed by atoms with Gasteiger partial charge in [0.2, 0.25) is 0 Å². The van der Waals surface area contributed by atoms with Crippen LogP contribution in [0.3, 0.4) is 0 Å². The lowest BCUT2D eigenvalue weighted by atomic mass is 9.94. The second-order valence-electron chi connectivity index (χ2n) is 12.4. The molecule has 10 rings (SSSR count).